The highest BCUT2D eigenvalue weighted by Crippen LogP contribution is 2.61. The quantitative estimate of drug-likeness (QED) is 0.450. The van der Waals surface area contributed by atoms with Crippen LogP contribution in [0.1, 0.15) is 19.3 Å². The third kappa shape index (κ3) is 1.11. The molecule has 5 atom stereocenters. The molecule has 0 aromatic rings. The van der Waals surface area contributed by atoms with Crippen molar-refractivity contribution in [3.05, 3.63) is 12.2 Å². The largest absolute Gasteiger partial charge is 0.0848 e. The van der Waals surface area contributed by atoms with E-state index < -0.39 is 8.07 Å². The number of allylic oxidation sites excluding steroid dienone is 2. The molecule has 0 heterocycles. The van der Waals surface area contributed by atoms with Crippen LogP contribution in [0.25, 0.3) is 0 Å². The Kier molecular flexibility index (Phi) is 1.81. The fraction of sp³-hybridized carbons (Fsp3) is 0.846. The Morgan fingerprint density at radius 1 is 1.00 bits per heavy atom. The van der Waals surface area contributed by atoms with E-state index in [0.717, 1.165) is 29.2 Å². The first-order valence-electron chi connectivity index (χ1n) is 6.26. The molecule has 1 heteroatoms. The fourth-order valence-electron chi connectivity index (χ4n) is 4.54. The van der Waals surface area contributed by atoms with Gasteiger partial charge in [-0.25, -0.2) is 0 Å². The zero-order valence-electron chi connectivity index (χ0n) is 9.66. The van der Waals surface area contributed by atoms with E-state index in [1.165, 1.54) is 6.42 Å². The standard InChI is InChI=1S/C13H22Si/c1-14(2,3)12-7-6-11-9-4-5-10(8-9)13(11)12/h4-5,9-13H,6-8H2,1-3H3. The first-order valence-corrected chi connectivity index (χ1v) is 9.83. The molecule has 5 unspecified atom stereocenters. The minimum Gasteiger partial charge on any atom is -0.0848 e. The van der Waals surface area contributed by atoms with Crippen molar-refractivity contribution in [1.82, 2.24) is 0 Å². The summed E-state index contributed by atoms with van der Waals surface area (Å²) >= 11 is 0. The summed E-state index contributed by atoms with van der Waals surface area (Å²) in [6.07, 6.45) is 9.68. The summed E-state index contributed by atoms with van der Waals surface area (Å²) in [4.78, 5) is 0. The lowest BCUT2D eigenvalue weighted by Gasteiger charge is -2.34. The molecule has 0 aromatic carbocycles. The summed E-state index contributed by atoms with van der Waals surface area (Å²) in [5.41, 5.74) is 1.13. The summed E-state index contributed by atoms with van der Waals surface area (Å²) in [7, 11) is -0.881. The molecule has 3 rings (SSSR count). The van der Waals surface area contributed by atoms with E-state index in [9.17, 15) is 0 Å². The second-order valence-electron chi connectivity index (χ2n) is 6.74. The molecule has 0 nitrogen and oxygen atoms in total. The molecule has 0 radical (unpaired) electrons. The first-order chi connectivity index (χ1) is 6.57. The van der Waals surface area contributed by atoms with Crippen molar-refractivity contribution < 1.29 is 0 Å². The highest BCUT2D eigenvalue weighted by Gasteiger charge is 2.53. The minimum absolute atomic E-state index is 0.881. The van der Waals surface area contributed by atoms with Gasteiger partial charge >= 0.3 is 0 Å². The van der Waals surface area contributed by atoms with Gasteiger partial charge in [0.2, 0.25) is 0 Å². The Balaban J connectivity index is 1.89. The van der Waals surface area contributed by atoms with Crippen molar-refractivity contribution in [2.45, 2.75) is 44.4 Å². The first kappa shape index (κ1) is 9.20. The number of rotatable bonds is 1. The predicted octanol–water partition coefficient (Wildman–Crippen LogP) is 3.93. The number of hydrogen-bond donors (Lipinski definition) is 0. The van der Waals surface area contributed by atoms with Gasteiger partial charge in [-0.1, -0.05) is 38.2 Å². The number of hydrogen-bond acceptors (Lipinski definition) is 0. The average molecular weight is 206 g/mol. The Hall–Kier alpha value is -0.0431. The summed E-state index contributed by atoms with van der Waals surface area (Å²) in [6, 6.07) is 0. The molecular formula is C13H22Si. The van der Waals surface area contributed by atoms with Gasteiger partial charge in [0.15, 0.2) is 0 Å². The van der Waals surface area contributed by atoms with Crippen LogP contribution in [0.2, 0.25) is 25.2 Å². The van der Waals surface area contributed by atoms with Crippen LogP contribution in [-0.2, 0) is 0 Å². The normalized spacial score (nSPS) is 50.1. The predicted molar refractivity (Wildman–Crippen MR) is 64.0 cm³/mol. The molecule has 0 amide bonds. The lowest BCUT2D eigenvalue weighted by molar-refractivity contribution is 0.361. The molecule has 0 saturated heterocycles. The van der Waals surface area contributed by atoms with Crippen molar-refractivity contribution in [3.8, 4) is 0 Å². The highest BCUT2D eigenvalue weighted by atomic mass is 28.3. The Morgan fingerprint density at radius 3 is 2.43 bits per heavy atom. The molecule has 0 spiro atoms. The molecule has 14 heavy (non-hydrogen) atoms. The lowest BCUT2D eigenvalue weighted by atomic mass is 9.86. The second kappa shape index (κ2) is 2.75. The molecule has 3 aliphatic rings. The van der Waals surface area contributed by atoms with Crippen molar-refractivity contribution in [2.75, 3.05) is 0 Å². The second-order valence-corrected chi connectivity index (χ2v) is 12.2. The van der Waals surface area contributed by atoms with Crippen molar-refractivity contribution >= 4 is 8.07 Å². The fourth-order valence-corrected chi connectivity index (χ4v) is 7.22. The van der Waals surface area contributed by atoms with Crippen LogP contribution in [0, 0.1) is 23.7 Å². The van der Waals surface area contributed by atoms with Crippen molar-refractivity contribution in [1.29, 1.82) is 0 Å². The van der Waals surface area contributed by atoms with Gasteiger partial charge in [-0.05, 0) is 42.1 Å². The summed E-state index contributed by atoms with van der Waals surface area (Å²) in [6.45, 7) is 7.74. The zero-order valence-corrected chi connectivity index (χ0v) is 10.7. The van der Waals surface area contributed by atoms with Crippen LogP contribution < -0.4 is 0 Å². The smallest absolute Gasteiger partial charge is 0.0476 e. The van der Waals surface area contributed by atoms with Gasteiger partial charge in [0.05, 0.1) is 0 Å². The molecular weight excluding hydrogens is 184 g/mol. The maximum Gasteiger partial charge on any atom is 0.0476 e. The van der Waals surface area contributed by atoms with Gasteiger partial charge in [0, 0.05) is 8.07 Å². The van der Waals surface area contributed by atoms with Gasteiger partial charge in [-0.3, -0.25) is 0 Å². The monoisotopic (exact) mass is 206 g/mol. The Labute approximate surface area is 88.8 Å². The van der Waals surface area contributed by atoms with E-state index in [0.29, 0.717) is 0 Å². The van der Waals surface area contributed by atoms with E-state index in [4.69, 9.17) is 0 Å². The van der Waals surface area contributed by atoms with E-state index in [2.05, 4.69) is 31.8 Å². The van der Waals surface area contributed by atoms with Crippen molar-refractivity contribution in [2.24, 2.45) is 23.7 Å². The SMILES string of the molecule is C[Si](C)(C)C1CCC2C3C=CC(C3)C21. The highest BCUT2D eigenvalue weighted by molar-refractivity contribution is 6.77. The van der Waals surface area contributed by atoms with Gasteiger partial charge in [0.1, 0.15) is 0 Å². The Bertz CT molecular complexity index is 273. The maximum absolute atomic E-state index is 2.58. The molecule has 2 fully saturated rings. The van der Waals surface area contributed by atoms with Gasteiger partial charge in [-0.2, -0.15) is 0 Å². The van der Waals surface area contributed by atoms with E-state index in [1.54, 1.807) is 12.8 Å². The molecule has 78 valence electrons. The van der Waals surface area contributed by atoms with Gasteiger partial charge < -0.3 is 0 Å². The molecule has 3 aliphatic carbocycles. The Morgan fingerprint density at radius 2 is 1.71 bits per heavy atom. The van der Waals surface area contributed by atoms with Crippen LogP contribution in [0.4, 0.5) is 0 Å². The summed E-state index contributed by atoms with van der Waals surface area (Å²) < 4.78 is 0. The zero-order chi connectivity index (χ0) is 9.92. The summed E-state index contributed by atoms with van der Waals surface area (Å²) in [5.74, 6) is 4.19. The van der Waals surface area contributed by atoms with Crippen LogP contribution in [0.15, 0.2) is 12.2 Å². The van der Waals surface area contributed by atoms with Gasteiger partial charge in [0.25, 0.3) is 0 Å². The molecule has 0 aliphatic heterocycles. The summed E-state index contributed by atoms with van der Waals surface area (Å²) in [5, 5.41) is 0. The van der Waals surface area contributed by atoms with Crippen LogP contribution in [0.3, 0.4) is 0 Å². The maximum atomic E-state index is 2.58. The molecule has 0 N–H and O–H groups in total. The van der Waals surface area contributed by atoms with Crippen LogP contribution in [-0.4, -0.2) is 8.07 Å². The average Bonchev–Trinajstić information content (AvgIpc) is 2.74. The van der Waals surface area contributed by atoms with Crippen LogP contribution >= 0.6 is 0 Å². The van der Waals surface area contributed by atoms with E-state index in [-0.39, 0.29) is 0 Å². The third-order valence-corrected chi connectivity index (χ3v) is 7.97. The topological polar surface area (TPSA) is 0 Å². The molecule has 0 aromatic heterocycles. The third-order valence-electron chi connectivity index (χ3n) is 5.08. The minimum atomic E-state index is -0.881. The lowest BCUT2D eigenvalue weighted by Crippen LogP contribution is -2.33. The van der Waals surface area contributed by atoms with Gasteiger partial charge in [-0.15, -0.1) is 0 Å². The van der Waals surface area contributed by atoms with Crippen LogP contribution in [0.5, 0.6) is 0 Å². The molecule has 2 bridgehead atoms. The molecule has 2 saturated carbocycles. The number of fused-ring (bicyclic) bond motifs is 5. The van der Waals surface area contributed by atoms with E-state index in [1.807, 2.05) is 0 Å². The van der Waals surface area contributed by atoms with Crippen molar-refractivity contribution in [3.63, 3.8) is 0 Å². The van der Waals surface area contributed by atoms with E-state index >= 15 is 0 Å².